The maximum atomic E-state index is 11.8. The third-order valence-electron chi connectivity index (χ3n) is 2.39. The van der Waals surface area contributed by atoms with Crippen LogP contribution in [0.5, 0.6) is 0 Å². The summed E-state index contributed by atoms with van der Waals surface area (Å²) in [5.74, 6) is 0.384. The highest BCUT2D eigenvalue weighted by Crippen LogP contribution is 2.11. The van der Waals surface area contributed by atoms with Gasteiger partial charge in [-0.25, -0.2) is 4.98 Å². The molecule has 0 saturated carbocycles. The molecule has 0 bridgehead atoms. The molecular formula is C13H13ClN2OS. The number of nitrogens with zero attached hydrogens (tertiary/aromatic N) is 1. The monoisotopic (exact) mass is 280 g/mol. The summed E-state index contributed by atoms with van der Waals surface area (Å²) in [4.78, 5) is 16.1. The van der Waals surface area contributed by atoms with E-state index in [1.54, 1.807) is 5.38 Å². The number of amides is 1. The number of aromatic nitrogens is 1. The Labute approximate surface area is 115 Å². The Morgan fingerprint density at radius 2 is 2.11 bits per heavy atom. The second-order valence-electron chi connectivity index (χ2n) is 3.73. The molecule has 0 unspecified atom stereocenters. The summed E-state index contributed by atoms with van der Waals surface area (Å²) < 4.78 is 0. The summed E-state index contributed by atoms with van der Waals surface area (Å²) in [6.45, 7) is 0.516. The molecule has 2 rings (SSSR count). The van der Waals surface area contributed by atoms with Crippen LogP contribution in [0.1, 0.15) is 21.1 Å². The minimum Gasteiger partial charge on any atom is -0.347 e. The minimum absolute atomic E-state index is 0.143. The van der Waals surface area contributed by atoms with Crippen LogP contribution >= 0.6 is 22.9 Å². The number of aryl methyl sites for hydroxylation is 1. The molecule has 0 atom stereocenters. The van der Waals surface area contributed by atoms with Crippen molar-refractivity contribution in [3.8, 4) is 0 Å². The van der Waals surface area contributed by atoms with E-state index < -0.39 is 0 Å². The average molecular weight is 281 g/mol. The quantitative estimate of drug-likeness (QED) is 0.856. The number of rotatable bonds is 5. The maximum absolute atomic E-state index is 11.8. The predicted octanol–water partition coefficient (Wildman–Crippen LogP) is 2.85. The van der Waals surface area contributed by atoms with Gasteiger partial charge in [0.1, 0.15) is 5.69 Å². The summed E-state index contributed by atoms with van der Waals surface area (Å²) in [7, 11) is 0. The van der Waals surface area contributed by atoms with E-state index in [0.717, 1.165) is 10.6 Å². The zero-order chi connectivity index (χ0) is 12.8. The molecule has 3 nitrogen and oxygen atoms in total. The van der Waals surface area contributed by atoms with Crippen molar-refractivity contribution < 1.29 is 4.79 Å². The molecule has 1 heterocycles. The molecule has 0 aliphatic heterocycles. The fraction of sp³-hybridized carbons (Fsp3) is 0.231. The molecule has 1 N–H and O–H groups in total. The first-order chi connectivity index (χ1) is 8.79. The number of halogens is 1. The highest BCUT2D eigenvalue weighted by Gasteiger charge is 2.09. The second kappa shape index (κ2) is 6.52. The molecule has 0 spiro atoms. The van der Waals surface area contributed by atoms with Gasteiger partial charge in [0.05, 0.1) is 5.01 Å². The fourth-order valence-electron chi connectivity index (χ4n) is 1.48. The van der Waals surface area contributed by atoms with Crippen molar-refractivity contribution >= 4 is 28.8 Å². The van der Waals surface area contributed by atoms with E-state index in [4.69, 9.17) is 11.6 Å². The lowest BCUT2D eigenvalue weighted by atomic mass is 10.2. The topological polar surface area (TPSA) is 42.0 Å². The van der Waals surface area contributed by atoms with Crippen molar-refractivity contribution in [1.82, 2.24) is 10.3 Å². The number of nitrogens with one attached hydrogen (secondary N) is 1. The first kappa shape index (κ1) is 13.1. The van der Waals surface area contributed by atoms with Crippen LogP contribution in [0.4, 0.5) is 0 Å². The molecule has 0 fully saturated rings. The van der Waals surface area contributed by atoms with Crippen molar-refractivity contribution in [1.29, 1.82) is 0 Å². The Morgan fingerprint density at radius 1 is 1.33 bits per heavy atom. The number of carbonyl (C=O) groups is 1. The molecule has 1 aromatic carbocycles. The molecule has 0 aliphatic rings. The van der Waals surface area contributed by atoms with Gasteiger partial charge in [-0.1, -0.05) is 30.3 Å². The molecule has 1 aromatic heterocycles. The van der Waals surface area contributed by atoms with Crippen molar-refractivity contribution in [3.05, 3.63) is 52.0 Å². The number of thiazole rings is 1. The molecule has 1 amide bonds. The molecule has 5 heteroatoms. The number of carbonyl (C=O) groups excluding carboxylic acids is 1. The minimum atomic E-state index is -0.143. The van der Waals surface area contributed by atoms with Crippen LogP contribution in [0.3, 0.4) is 0 Å². The predicted molar refractivity (Wildman–Crippen MR) is 74.2 cm³/mol. The van der Waals surface area contributed by atoms with Gasteiger partial charge in [0.15, 0.2) is 0 Å². The Kier molecular flexibility index (Phi) is 4.73. The van der Waals surface area contributed by atoms with Gasteiger partial charge in [0.2, 0.25) is 0 Å². The molecule has 2 aromatic rings. The lowest BCUT2D eigenvalue weighted by Crippen LogP contribution is -2.23. The zero-order valence-corrected chi connectivity index (χ0v) is 11.3. The van der Waals surface area contributed by atoms with E-state index in [1.165, 1.54) is 11.3 Å². The van der Waals surface area contributed by atoms with Gasteiger partial charge in [-0.2, -0.15) is 0 Å². The van der Waals surface area contributed by atoms with Crippen LogP contribution in [0, 0.1) is 0 Å². The Hall–Kier alpha value is -1.39. The molecule has 18 heavy (non-hydrogen) atoms. The van der Waals surface area contributed by atoms with Crippen molar-refractivity contribution in [2.24, 2.45) is 0 Å². The summed E-state index contributed by atoms with van der Waals surface area (Å²) in [6, 6.07) is 9.79. The smallest absolute Gasteiger partial charge is 0.271 e. The highest BCUT2D eigenvalue weighted by molar-refractivity contribution is 7.09. The maximum Gasteiger partial charge on any atom is 0.271 e. The average Bonchev–Trinajstić information content (AvgIpc) is 2.86. The lowest BCUT2D eigenvalue weighted by molar-refractivity contribution is 0.0946. The largest absolute Gasteiger partial charge is 0.347 e. The van der Waals surface area contributed by atoms with E-state index in [9.17, 15) is 4.79 Å². The Morgan fingerprint density at radius 3 is 2.83 bits per heavy atom. The molecule has 94 valence electrons. The van der Waals surface area contributed by atoms with Crippen LogP contribution in [0.15, 0.2) is 35.7 Å². The summed E-state index contributed by atoms with van der Waals surface area (Å²) in [6.07, 6.45) is 0.707. The van der Waals surface area contributed by atoms with E-state index in [-0.39, 0.29) is 5.91 Å². The normalized spacial score (nSPS) is 10.3. The van der Waals surface area contributed by atoms with Crippen molar-refractivity contribution in [2.75, 3.05) is 5.88 Å². The summed E-state index contributed by atoms with van der Waals surface area (Å²) in [5, 5.41) is 5.51. The highest BCUT2D eigenvalue weighted by atomic mass is 35.5. The number of alkyl halides is 1. The van der Waals surface area contributed by atoms with E-state index in [2.05, 4.69) is 10.3 Å². The standard InChI is InChI=1S/C13H13ClN2OS/c14-7-6-12-16-11(9-18-12)13(17)15-8-10-4-2-1-3-5-10/h1-5,9H,6-8H2,(H,15,17). The first-order valence-corrected chi connectivity index (χ1v) is 7.03. The van der Waals surface area contributed by atoms with E-state index in [0.29, 0.717) is 24.5 Å². The van der Waals surface area contributed by atoms with Crippen LogP contribution in [-0.4, -0.2) is 16.8 Å². The lowest BCUT2D eigenvalue weighted by Gasteiger charge is -2.02. The van der Waals surface area contributed by atoms with Gasteiger partial charge in [0.25, 0.3) is 5.91 Å². The SMILES string of the molecule is O=C(NCc1ccccc1)c1csc(CCCl)n1. The summed E-state index contributed by atoms with van der Waals surface area (Å²) >= 11 is 7.10. The number of hydrogen-bond acceptors (Lipinski definition) is 3. The van der Waals surface area contributed by atoms with E-state index >= 15 is 0 Å². The van der Waals surface area contributed by atoms with Gasteiger partial charge in [-0.3, -0.25) is 4.79 Å². The fourth-order valence-corrected chi connectivity index (χ4v) is 2.55. The Balaban J connectivity index is 1.91. The molecule has 0 radical (unpaired) electrons. The van der Waals surface area contributed by atoms with Crippen molar-refractivity contribution in [2.45, 2.75) is 13.0 Å². The molecule has 0 aliphatic carbocycles. The number of benzene rings is 1. The summed E-state index contributed by atoms with van der Waals surface area (Å²) in [5.41, 5.74) is 1.54. The third kappa shape index (κ3) is 3.55. The van der Waals surface area contributed by atoms with Crippen LogP contribution in [-0.2, 0) is 13.0 Å². The molecular weight excluding hydrogens is 268 g/mol. The van der Waals surface area contributed by atoms with Crippen LogP contribution < -0.4 is 5.32 Å². The van der Waals surface area contributed by atoms with Crippen LogP contribution in [0.25, 0.3) is 0 Å². The van der Waals surface area contributed by atoms with Gasteiger partial charge in [-0.15, -0.1) is 22.9 Å². The Bertz CT molecular complexity index is 513. The zero-order valence-electron chi connectivity index (χ0n) is 9.73. The van der Waals surface area contributed by atoms with Crippen molar-refractivity contribution in [3.63, 3.8) is 0 Å². The third-order valence-corrected chi connectivity index (χ3v) is 3.49. The van der Waals surface area contributed by atoms with Crippen LogP contribution in [0.2, 0.25) is 0 Å². The van der Waals surface area contributed by atoms with Gasteiger partial charge in [0, 0.05) is 24.2 Å². The molecule has 0 saturated heterocycles. The van der Waals surface area contributed by atoms with Gasteiger partial charge in [-0.05, 0) is 5.56 Å². The second-order valence-corrected chi connectivity index (χ2v) is 5.05. The van der Waals surface area contributed by atoms with Gasteiger partial charge < -0.3 is 5.32 Å². The van der Waals surface area contributed by atoms with Gasteiger partial charge >= 0.3 is 0 Å². The number of hydrogen-bond donors (Lipinski definition) is 1. The first-order valence-electron chi connectivity index (χ1n) is 5.62. The van der Waals surface area contributed by atoms with E-state index in [1.807, 2.05) is 30.3 Å².